The molecule has 1 fully saturated rings. The normalized spacial score (nSPS) is 18.6. The molecule has 1 aliphatic rings. The highest BCUT2D eigenvalue weighted by Crippen LogP contribution is 2.32. The zero-order chi connectivity index (χ0) is 17.2. The zero-order valence-electron chi connectivity index (χ0n) is 13.1. The molecule has 0 amide bonds. The minimum Gasteiger partial charge on any atom is -0.490 e. The maximum atomic E-state index is 12.7. The van der Waals surface area contributed by atoms with E-state index in [1.165, 1.54) is 23.5 Å². The first-order valence-corrected chi connectivity index (χ1v) is 8.79. The van der Waals surface area contributed by atoms with Gasteiger partial charge in [-0.1, -0.05) is 0 Å². The van der Waals surface area contributed by atoms with Gasteiger partial charge in [-0.05, 0) is 31.7 Å². The highest BCUT2D eigenvalue weighted by atomic mass is 32.2. The van der Waals surface area contributed by atoms with Crippen molar-refractivity contribution in [3.05, 3.63) is 28.3 Å². The lowest BCUT2D eigenvalue weighted by atomic mass is 9.92. The molecule has 1 saturated heterocycles. The van der Waals surface area contributed by atoms with Crippen LogP contribution in [0, 0.1) is 16.0 Å². The molecular formula is C14H21N3O5S. The summed E-state index contributed by atoms with van der Waals surface area (Å²) < 4.78 is 31.7. The molecule has 0 aliphatic carbocycles. The van der Waals surface area contributed by atoms with Gasteiger partial charge in [-0.3, -0.25) is 10.1 Å². The molecule has 0 radical (unpaired) electrons. The van der Waals surface area contributed by atoms with Crippen molar-refractivity contribution in [2.24, 2.45) is 11.7 Å². The summed E-state index contributed by atoms with van der Waals surface area (Å²) in [7, 11) is -2.43. The van der Waals surface area contributed by atoms with E-state index >= 15 is 0 Å². The predicted molar refractivity (Wildman–Crippen MR) is 84.8 cm³/mol. The third-order valence-electron chi connectivity index (χ3n) is 4.23. The molecular weight excluding hydrogens is 322 g/mol. The predicted octanol–water partition coefficient (Wildman–Crippen LogP) is 1.35. The van der Waals surface area contributed by atoms with Crippen LogP contribution in [0.15, 0.2) is 23.1 Å². The number of hydrogen-bond donors (Lipinski definition) is 1. The van der Waals surface area contributed by atoms with Crippen molar-refractivity contribution in [3.63, 3.8) is 0 Å². The van der Waals surface area contributed by atoms with Gasteiger partial charge >= 0.3 is 5.69 Å². The fourth-order valence-electron chi connectivity index (χ4n) is 2.76. The first-order chi connectivity index (χ1) is 10.8. The minimum absolute atomic E-state index is 0.000744. The van der Waals surface area contributed by atoms with Gasteiger partial charge in [0.1, 0.15) is 0 Å². The number of nitro benzene ring substituents is 1. The number of ether oxygens (including phenoxy) is 1. The van der Waals surface area contributed by atoms with Gasteiger partial charge in [0.2, 0.25) is 10.0 Å². The van der Waals surface area contributed by atoms with Crippen molar-refractivity contribution in [2.45, 2.75) is 30.7 Å². The molecule has 9 heteroatoms. The molecule has 2 N–H and O–H groups in total. The smallest absolute Gasteiger partial charge is 0.310 e. The van der Waals surface area contributed by atoms with Crippen LogP contribution < -0.4 is 10.5 Å². The molecule has 1 atom stereocenters. The Hall–Kier alpha value is -1.71. The number of hydrogen-bond acceptors (Lipinski definition) is 6. The van der Waals surface area contributed by atoms with E-state index < -0.39 is 14.9 Å². The van der Waals surface area contributed by atoms with Gasteiger partial charge < -0.3 is 10.5 Å². The van der Waals surface area contributed by atoms with E-state index in [9.17, 15) is 18.5 Å². The number of methoxy groups -OCH3 is 1. The van der Waals surface area contributed by atoms with Crippen molar-refractivity contribution in [1.82, 2.24) is 4.31 Å². The van der Waals surface area contributed by atoms with Gasteiger partial charge in [0, 0.05) is 31.3 Å². The summed E-state index contributed by atoms with van der Waals surface area (Å²) in [5, 5.41) is 10.9. The molecule has 1 aromatic carbocycles. The van der Waals surface area contributed by atoms with Crippen molar-refractivity contribution in [2.75, 3.05) is 20.2 Å². The fraction of sp³-hybridized carbons (Fsp3) is 0.571. The maximum absolute atomic E-state index is 12.7. The lowest BCUT2D eigenvalue weighted by Gasteiger charge is -2.32. The van der Waals surface area contributed by atoms with Crippen LogP contribution in [-0.2, 0) is 10.0 Å². The molecule has 0 aromatic heterocycles. The summed E-state index contributed by atoms with van der Waals surface area (Å²) in [6.45, 7) is 2.72. The van der Waals surface area contributed by atoms with Crippen LogP contribution in [0.3, 0.4) is 0 Å². The van der Waals surface area contributed by atoms with Crippen LogP contribution in [0.4, 0.5) is 5.69 Å². The number of nitrogens with zero attached hydrogens (tertiary/aromatic N) is 2. The van der Waals surface area contributed by atoms with Gasteiger partial charge in [0.25, 0.3) is 0 Å². The Morgan fingerprint density at radius 2 is 2.00 bits per heavy atom. The number of benzene rings is 1. The number of rotatable bonds is 5. The summed E-state index contributed by atoms with van der Waals surface area (Å²) >= 11 is 0. The lowest BCUT2D eigenvalue weighted by Crippen LogP contribution is -2.42. The van der Waals surface area contributed by atoms with E-state index in [4.69, 9.17) is 10.5 Å². The van der Waals surface area contributed by atoms with Crippen LogP contribution >= 0.6 is 0 Å². The second kappa shape index (κ2) is 6.81. The molecule has 128 valence electrons. The average molecular weight is 343 g/mol. The number of nitro groups is 1. The molecule has 1 heterocycles. The molecule has 1 aliphatic heterocycles. The first-order valence-electron chi connectivity index (χ1n) is 7.35. The highest BCUT2D eigenvalue weighted by Gasteiger charge is 2.31. The van der Waals surface area contributed by atoms with Crippen LogP contribution in [-0.4, -0.2) is 43.9 Å². The first kappa shape index (κ1) is 17.6. The zero-order valence-corrected chi connectivity index (χ0v) is 14.0. The molecule has 23 heavy (non-hydrogen) atoms. The van der Waals surface area contributed by atoms with E-state index in [0.717, 1.165) is 6.07 Å². The largest absolute Gasteiger partial charge is 0.490 e. The highest BCUT2D eigenvalue weighted by molar-refractivity contribution is 7.89. The minimum atomic E-state index is -3.70. The third kappa shape index (κ3) is 3.62. The summed E-state index contributed by atoms with van der Waals surface area (Å²) in [5.74, 6) is 0.245. The Kier molecular flexibility index (Phi) is 5.23. The molecule has 1 unspecified atom stereocenters. The van der Waals surface area contributed by atoms with Gasteiger partial charge in [-0.25, -0.2) is 8.42 Å². The Morgan fingerprint density at radius 3 is 2.48 bits per heavy atom. The number of sulfonamides is 1. The second-order valence-corrected chi connectivity index (χ2v) is 7.63. The van der Waals surface area contributed by atoms with E-state index in [-0.39, 0.29) is 22.4 Å². The van der Waals surface area contributed by atoms with Gasteiger partial charge in [-0.2, -0.15) is 4.31 Å². The van der Waals surface area contributed by atoms with Crippen molar-refractivity contribution >= 4 is 15.7 Å². The summed E-state index contributed by atoms with van der Waals surface area (Å²) in [6, 6.07) is 3.64. The summed E-state index contributed by atoms with van der Waals surface area (Å²) in [4.78, 5) is 10.3. The van der Waals surface area contributed by atoms with E-state index in [1.807, 2.05) is 6.92 Å². The molecule has 0 saturated carbocycles. The molecule has 1 aromatic rings. The lowest BCUT2D eigenvalue weighted by molar-refractivity contribution is -0.385. The average Bonchev–Trinajstić information content (AvgIpc) is 2.54. The number of piperidine rings is 1. The van der Waals surface area contributed by atoms with Gasteiger partial charge in [0.15, 0.2) is 5.75 Å². The molecule has 0 bridgehead atoms. The van der Waals surface area contributed by atoms with Crippen LogP contribution in [0.5, 0.6) is 5.75 Å². The van der Waals surface area contributed by atoms with Crippen LogP contribution in [0.2, 0.25) is 0 Å². The van der Waals surface area contributed by atoms with Gasteiger partial charge in [-0.15, -0.1) is 0 Å². The Balaban J connectivity index is 2.25. The SMILES string of the molecule is COc1cc(S(=O)(=O)N2CCC(C(C)N)CC2)ccc1[N+](=O)[O-]. The third-order valence-corrected chi connectivity index (χ3v) is 6.12. The standard InChI is InChI=1S/C14H21N3O5S/c1-10(15)11-5-7-16(8-6-11)23(20,21)12-3-4-13(17(18)19)14(9-12)22-2/h3-4,9-11H,5-8,15H2,1-2H3. The second-order valence-electron chi connectivity index (χ2n) is 5.69. The monoisotopic (exact) mass is 343 g/mol. The van der Waals surface area contributed by atoms with Crippen molar-refractivity contribution in [1.29, 1.82) is 0 Å². The Bertz CT molecular complexity index is 682. The Labute approximate surface area is 135 Å². The van der Waals surface area contributed by atoms with E-state index in [0.29, 0.717) is 31.8 Å². The molecule has 0 spiro atoms. The van der Waals surface area contributed by atoms with Gasteiger partial charge in [0.05, 0.1) is 16.9 Å². The van der Waals surface area contributed by atoms with Crippen molar-refractivity contribution in [3.8, 4) is 5.75 Å². The topological polar surface area (TPSA) is 116 Å². The quantitative estimate of drug-likeness (QED) is 0.637. The maximum Gasteiger partial charge on any atom is 0.310 e. The Morgan fingerprint density at radius 1 is 1.39 bits per heavy atom. The number of nitrogens with two attached hydrogens (primary N) is 1. The van der Waals surface area contributed by atoms with E-state index in [1.54, 1.807) is 0 Å². The van der Waals surface area contributed by atoms with Crippen LogP contribution in [0.25, 0.3) is 0 Å². The van der Waals surface area contributed by atoms with E-state index in [2.05, 4.69) is 0 Å². The van der Waals surface area contributed by atoms with Crippen LogP contribution in [0.1, 0.15) is 19.8 Å². The van der Waals surface area contributed by atoms with Crippen molar-refractivity contribution < 1.29 is 18.1 Å². The molecule has 8 nitrogen and oxygen atoms in total. The fourth-order valence-corrected chi connectivity index (χ4v) is 4.25. The molecule has 2 rings (SSSR count). The summed E-state index contributed by atoms with van der Waals surface area (Å²) in [5.41, 5.74) is 5.61. The summed E-state index contributed by atoms with van der Waals surface area (Å²) in [6.07, 6.45) is 1.42.